The molecule has 1 aromatic heterocycles. The molecule has 35 heavy (non-hydrogen) atoms. The van der Waals surface area contributed by atoms with Crippen molar-refractivity contribution in [1.29, 1.82) is 0 Å². The highest BCUT2D eigenvalue weighted by molar-refractivity contribution is 7.99. The van der Waals surface area contributed by atoms with Gasteiger partial charge in [0.15, 0.2) is 5.16 Å². The van der Waals surface area contributed by atoms with Gasteiger partial charge in [-0.25, -0.2) is 0 Å². The van der Waals surface area contributed by atoms with Crippen LogP contribution in [0.4, 0.5) is 5.69 Å². The average molecular weight is 503 g/mol. The van der Waals surface area contributed by atoms with Crippen LogP contribution in [-0.4, -0.2) is 26.4 Å². The second kappa shape index (κ2) is 11.1. The van der Waals surface area contributed by atoms with Gasteiger partial charge in [0, 0.05) is 16.3 Å². The maximum atomic E-state index is 12.8. The molecular formula is C28H30N4OS2. The lowest BCUT2D eigenvalue weighted by Gasteiger charge is -2.13. The number of nitrogens with zero attached hydrogens (tertiary/aromatic N) is 3. The van der Waals surface area contributed by atoms with Crippen LogP contribution in [0.25, 0.3) is 5.69 Å². The minimum Gasteiger partial charge on any atom is -0.325 e. The molecule has 4 aromatic rings. The molecule has 0 saturated carbocycles. The van der Waals surface area contributed by atoms with Crippen molar-refractivity contribution >= 4 is 35.1 Å². The molecule has 0 fully saturated rings. The number of hydrogen-bond acceptors (Lipinski definition) is 5. The predicted octanol–water partition coefficient (Wildman–Crippen LogP) is 6.83. The molecule has 0 aliphatic heterocycles. The molecule has 0 atom stereocenters. The van der Waals surface area contributed by atoms with Crippen LogP contribution in [0.1, 0.15) is 33.6 Å². The largest absolute Gasteiger partial charge is 0.325 e. The van der Waals surface area contributed by atoms with E-state index in [0.717, 1.165) is 33.9 Å². The molecule has 1 N–H and O–H groups in total. The molecule has 0 aliphatic carbocycles. The van der Waals surface area contributed by atoms with Gasteiger partial charge >= 0.3 is 0 Å². The molecule has 0 saturated heterocycles. The Kier molecular flexibility index (Phi) is 7.98. The van der Waals surface area contributed by atoms with E-state index in [1.807, 2.05) is 19.9 Å². The number of aromatic nitrogens is 3. The zero-order chi connectivity index (χ0) is 24.9. The topological polar surface area (TPSA) is 59.8 Å². The van der Waals surface area contributed by atoms with Gasteiger partial charge in [-0.1, -0.05) is 59.3 Å². The van der Waals surface area contributed by atoms with Gasteiger partial charge in [0.05, 0.1) is 11.5 Å². The molecular weight excluding hydrogens is 472 g/mol. The van der Waals surface area contributed by atoms with Crippen molar-refractivity contribution in [2.45, 2.75) is 50.4 Å². The Morgan fingerprint density at radius 1 is 0.829 bits per heavy atom. The summed E-state index contributed by atoms with van der Waals surface area (Å²) in [5, 5.41) is 12.7. The van der Waals surface area contributed by atoms with E-state index in [-0.39, 0.29) is 11.7 Å². The number of amides is 1. The summed E-state index contributed by atoms with van der Waals surface area (Å²) in [4.78, 5) is 14.0. The molecule has 0 unspecified atom stereocenters. The van der Waals surface area contributed by atoms with E-state index in [1.54, 1.807) is 11.8 Å². The highest BCUT2D eigenvalue weighted by Gasteiger charge is 2.17. The molecule has 5 nitrogen and oxygen atoms in total. The summed E-state index contributed by atoms with van der Waals surface area (Å²) in [6.07, 6.45) is 0. The normalized spacial score (nSPS) is 11.0. The van der Waals surface area contributed by atoms with Gasteiger partial charge in [-0.05, 0) is 75.6 Å². The highest BCUT2D eigenvalue weighted by Crippen LogP contribution is 2.28. The average Bonchev–Trinajstić information content (AvgIpc) is 3.22. The molecule has 0 bridgehead atoms. The molecule has 1 heterocycles. The summed E-state index contributed by atoms with van der Waals surface area (Å²) in [6.45, 7) is 10.3. The van der Waals surface area contributed by atoms with Crippen LogP contribution >= 0.6 is 23.5 Å². The van der Waals surface area contributed by atoms with Crippen molar-refractivity contribution in [3.05, 3.63) is 94.3 Å². The van der Waals surface area contributed by atoms with Crippen molar-refractivity contribution in [2.24, 2.45) is 0 Å². The summed E-state index contributed by atoms with van der Waals surface area (Å²) in [5.74, 6) is 1.73. The fraction of sp³-hybridized carbons (Fsp3) is 0.250. The third-order valence-electron chi connectivity index (χ3n) is 5.62. The summed E-state index contributed by atoms with van der Waals surface area (Å²) in [5.41, 5.74) is 7.62. The summed E-state index contributed by atoms with van der Waals surface area (Å²) in [7, 11) is 0. The predicted molar refractivity (Wildman–Crippen MR) is 147 cm³/mol. The van der Waals surface area contributed by atoms with Gasteiger partial charge in [0.1, 0.15) is 5.82 Å². The van der Waals surface area contributed by atoms with Crippen LogP contribution in [0.2, 0.25) is 0 Å². The highest BCUT2D eigenvalue weighted by atomic mass is 32.2. The fourth-order valence-corrected chi connectivity index (χ4v) is 5.56. The lowest BCUT2D eigenvalue weighted by Crippen LogP contribution is -2.16. The smallest absolute Gasteiger partial charge is 0.234 e. The minimum atomic E-state index is -0.0561. The number of carbonyl (C=O) groups excluding carboxylic acids is 1. The van der Waals surface area contributed by atoms with E-state index < -0.39 is 0 Å². The minimum absolute atomic E-state index is 0.0561. The van der Waals surface area contributed by atoms with E-state index >= 15 is 0 Å². The van der Waals surface area contributed by atoms with E-state index in [4.69, 9.17) is 0 Å². The maximum absolute atomic E-state index is 12.8. The van der Waals surface area contributed by atoms with E-state index in [2.05, 4.69) is 95.4 Å². The molecule has 180 valence electrons. The number of anilines is 1. The van der Waals surface area contributed by atoms with E-state index in [9.17, 15) is 4.79 Å². The Balaban J connectivity index is 1.53. The Morgan fingerprint density at radius 3 is 2.23 bits per heavy atom. The first-order valence-electron chi connectivity index (χ1n) is 11.5. The fourth-order valence-electron chi connectivity index (χ4n) is 3.98. The van der Waals surface area contributed by atoms with Crippen LogP contribution in [0.3, 0.4) is 0 Å². The Labute approximate surface area is 215 Å². The second-order valence-corrected chi connectivity index (χ2v) is 10.8. The molecule has 4 rings (SSSR count). The third-order valence-corrected chi connectivity index (χ3v) is 7.56. The monoisotopic (exact) mass is 502 g/mol. The lowest BCUT2D eigenvalue weighted by molar-refractivity contribution is -0.113. The Morgan fingerprint density at radius 2 is 1.54 bits per heavy atom. The van der Waals surface area contributed by atoms with Crippen LogP contribution < -0.4 is 5.32 Å². The van der Waals surface area contributed by atoms with Gasteiger partial charge < -0.3 is 5.32 Å². The third kappa shape index (κ3) is 6.35. The molecule has 7 heteroatoms. The van der Waals surface area contributed by atoms with Crippen molar-refractivity contribution in [3.8, 4) is 5.69 Å². The number of nitrogens with one attached hydrogen (secondary N) is 1. The van der Waals surface area contributed by atoms with Crippen molar-refractivity contribution < 1.29 is 4.79 Å². The molecule has 3 aromatic carbocycles. The number of benzene rings is 3. The number of thioether (sulfide) groups is 2. The molecule has 0 radical (unpaired) electrons. The summed E-state index contributed by atoms with van der Waals surface area (Å²) < 4.78 is 2.06. The maximum Gasteiger partial charge on any atom is 0.234 e. The van der Waals surface area contributed by atoms with E-state index in [1.165, 1.54) is 27.8 Å². The van der Waals surface area contributed by atoms with Crippen LogP contribution in [0.15, 0.2) is 70.7 Å². The van der Waals surface area contributed by atoms with Crippen molar-refractivity contribution in [3.63, 3.8) is 0 Å². The first kappa shape index (κ1) is 25.1. The lowest BCUT2D eigenvalue weighted by atomic mass is 10.1. The first-order chi connectivity index (χ1) is 16.8. The molecule has 0 spiro atoms. The Hall–Kier alpha value is -3.03. The van der Waals surface area contributed by atoms with Gasteiger partial charge in [-0.15, -0.1) is 22.0 Å². The van der Waals surface area contributed by atoms with Crippen LogP contribution in [-0.2, 0) is 10.5 Å². The second-order valence-electron chi connectivity index (χ2n) is 8.79. The van der Waals surface area contributed by atoms with E-state index in [0.29, 0.717) is 10.9 Å². The number of carbonyl (C=O) groups is 1. The zero-order valence-electron chi connectivity index (χ0n) is 20.8. The zero-order valence-corrected chi connectivity index (χ0v) is 22.4. The number of rotatable bonds is 8. The van der Waals surface area contributed by atoms with Gasteiger partial charge in [0.25, 0.3) is 0 Å². The van der Waals surface area contributed by atoms with Crippen molar-refractivity contribution in [1.82, 2.24) is 14.8 Å². The number of hydrogen-bond donors (Lipinski definition) is 1. The van der Waals surface area contributed by atoms with Crippen LogP contribution in [0, 0.1) is 34.6 Å². The van der Waals surface area contributed by atoms with Gasteiger partial charge in [0.2, 0.25) is 5.91 Å². The number of aryl methyl sites for hydroxylation is 5. The summed E-state index contributed by atoms with van der Waals surface area (Å²) >= 11 is 3.13. The standard InChI is InChI=1S/C28H30N4OS2/c1-18-9-11-24(12-10-18)34-16-25-30-31-28(32(25)23-8-6-7-19(2)15-23)35-17-26(33)29-27-21(4)13-20(3)14-22(27)5/h6-15H,16-17H2,1-5H3,(H,29,33). The molecule has 1 amide bonds. The summed E-state index contributed by atoms with van der Waals surface area (Å²) in [6, 6.07) is 20.9. The molecule has 0 aliphatic rings. The SMILES string of the molecule is Cc1ccc(SCc2nnc(SCC(=O)Nc3c(C)cc(C)cc3C)n2-c2cccc(C)c2)cc1. The van der Waals surface area contributed by atoms with Gasteiger partial charge in [-0.3, -0.25) is 9.36 Å². The van der Waals surface area contributed by atoms with Gasteiger partial charge in [-0.2, -0.15) is 0 Å². The van der Waals surface area contributed by atoms with Crippen LogP contribution in [0.5, 0.6) is 0 Å². The first-order valence-corrected chi connectivity index (χ1v) is 13.5. The quantitative estimate of drug-likeness (QED) is 0.268. The van der Waals surface area contributed by atoms with Crippen molar-refractivity contribution in [2.75, 3.05) is 11.1 Å². The Bertz CT molecular complexity index is 1320.